The van der Waals surface area contributed by atoms with Gasteiger partial charge >= 0.3 is 0 Å². The van der Waals surface area contributed by atoms with Gasteiger partial charge in [0.15, 0.2) is 0 Å². The summed E-state index contributed by atoms with van der Waals surface area (Å²) in [4.78, 5) is 16.6. The minimum atomic E-state index is -0.0265. The first-order valence-corrected chi connectivity index (χ1v) is 8.71. The van der Waals surface area contributed by atoms with Crippen molar-refractivity contribution in [2.75, 3.05) is 0 Å². The minimum absolute atomic E-state index is 0.00406. The Bertz CT molecular complexity index is 866. The first kappa shape index (κ1) is 16.2. The quantitative estimate of drug-likeness (QED) is 0.567. The highest BCUT2D eigenvalue weighted by Gasteiger charge is 2.43. The van der Waals surface area contributed by atoms with Gasteiger partial charge in [-0.3, -0.25) is 9.78 Å². The lowest BCUT2D eigenvalue weighted by Gasteiger charge is -2.08. The molecule has 0 radical (unpaired) electrons. The average Bonchev–Trinajstić information content (AvgIpc) is 3.51. The highest BCUT2D eigenvalue weighted by atomic mass is 16.2. The molecular formula is C22H19N3O. The molecule has 128 valence electrons. The molecular weight excluding hydrogens is 322 g/mol. The van der Waals surface area contributed by atoms with Gasteiger partial charge in [0.2, 0.25) is 5.91 Å². The molecule has 0 unspecified atom stereocenters. The topological polar surface area (TPSA) is 54.4 Å². The second kappa shape index (κ2) is 7.31. The van der Waals surface area contributed by atoms with E-state index in [0.717, 1.165) is 23.3 Å². The summed E-state index contributed by atoms with van der Waals surface area (Å²) in [6, 6.07) is 23.8. The maximum absolute atomic E-state index is 12.5. The first-order chi connectivity index (χ1) is 12.8. The first-order valence-electron chi connectivity index (χ1n) is 8.71. The SMILES string of the molecule is O=C(NN=C(c1ccccc1)c1ccncc1)[C@H]1C[C@H]1c1ccccc1. The molecule has 0 saturated heterocycles. The summed E-state index contributed by atoms with van der Waals surface area (Å²) in [5, 5.41) is 4.44. The summed E-state index contributed by atoms with van der Waals surface area (Å²) in [6.07, 6.45) is 4.32. The predicted octanol–water partition coefficient (Wildman–Crippen LogP) is 3.75. The van der Waals surface area contributed by atoms with E-state index in [9.17, 15) is 4.79 Å². The van der Waals surface area contributed by atoms with Crippen LogP contribution in [0.5, 0.6) is 0 Å². The van der Waals surface area contributed by atoms with E-state index in [1.54, 1.807) is 12.4 Å². The van der Waals surface area contributed by atoms with Gasteiger partial charge in [-0.15, -0.1) is 0 Å². The third-order valence-electron chi connectivity index (χ3n) is 4.63. The lowest BCUT2D eigenvalue weighted by molar-refractivity contribution is -0.122. The molecule has 4 nitrogen and oxygen atoms in total. The summed E-state index contributed by atoms with van der Waals surface area (Å²) >= 11 is 0. The molecule has 1 heterocycles. The zero-order chi connectivity index (χ0) is 17.8. The van der Waals surface area contributed by atoms with Crippen LogP contribution in [-0.4, -0.2) is 16.6 Å². The molecule has 0 bridgehead atoms. The third-order valence-corrected chi connectivity index (χ3v) is 4.63. The van der Waals surface area contributed by atoms with Crippen LogP contribution in [0.2, 0.25) is 0 Å². The standard InChI is InChI=1S/C22H19N3O/c26-22(20-15-19(20)16-7-3-1-4-8-16)25-24-21(17-9-5-2-6-10-17)18-11-13-23-14-12-18/h1-14,19-20H,15H2,(H,25,26)/t19-,20-/m0/s1. The summed E-state index contributed by atoms with van der Waals surface area (Å²) < 4.78 is 0. The van der Waals surface area contributed by atoms with E-state index in [4.69, 9.17) is 0 Å². The van der Waals surface area contributed by atoms with Gasteiger partial charge in [0.05, 0.1) is 5.71 Å². The predicted molar refractivity (Wildman–Crippen MR) is 102 cm³/mol. The molecule has 1 aliphatic rings. The smallest absolute Gasteiger partial charge is 0.243 e. The van der Waals surface area contributed by atoms with Crippen LogP contribution >= 0.6 is 0 Å². The maximum atomic E-state index is 12.5. The van der Waals surface area contributed by atoms with Crippen LogP contribution in [0.3, 0.4) is 0 Å². The fourth-order valence-corrected chi connectivity index (χ4v) is 3.15. The van der Waals surface area contributed by atoms with E-state index < -0.39 is 0 Å². The van der Waals surface area contributed by atoms with Crippen molar-refractivity contribution in [3.05, 3.63) is 102 Å². The van der Waals surface area contributed by atoms with Crippen LogP contribution in [-0.2, 0) is 4.79 Å². The van der Waals surface area contributed by atoms with E-state index in [1.807, 2.05) is 60.7 Å². The molecule has 4 rings (SSSR count). The van der Waals surface area contributed by atoms with Crippen molar-refractivity contribution in [1.82, 2.24) is 10.4 Å². The maximum Gasteiger partial charge on any atom is 0.243 e. The number of pyridine rings is 1. The van der Waals surface area contributed by atoms with Gasteiger partial charge < -0.3 is 0 Å². The number of hydrogen-bond acceptors (Lipinski definition) is 3. The lowest BCUT2D eigenvalue weighted by atomic mass is 10.0. The number of carbonyl (C=O) groups excluding carboxylic acids is 1. The highest BCUT2D eigenvalue weighted by Crippen LogP contribution is 2.47. The molecule has 3 aromatic rings. The third kappa shape index (κ3) is 3.54. The summed E-state index contributed by atoms with van der Waals surface area (Å²) in [5.41, 5.74) is 6.59. The fourth-order valence-electron chi connectivity index (χ4n) is 3.15. The van der Waals surface area contributed by atoms with Gasteiger partial charge in [-0.1, -0.05) is 60.7 Å². The van der Waals surface area contributed by atoms with Crippen LogP contribution in [0.25, 0.3) is 0 Å². The molecule has 2 atom stereocenters. The Morgan fingerprint density at radius 3 is 2.19 bits per heavy atom. The van der Waals surface area contributed by atoms with Crippen molar-refractivity contribution >= 4 is 11.6 Å². The van der Waals surface area contributed by atoms with Crippen LogP contribution in [0.4, 0.5) is 0 Å². The van der Waals surface area contributed by atoms with Crippen molar-refractivity contribution in [3.63, 3.8) is 0 Å². The Kier molecular flexibility index (Phi) is 4.56. The molecule has 1 N–H and O–H groups in total. The Balaban J connectivity index is 1.52. The molecule has 26 heavy (non-hydrogen) atoms. The Morgan fingerprint density at radius 1 is 0.885 bits per heavy atom. The van der Waals surface area contributed by atoms with E-state index >= 15 is 0 Å². The van der Waals surface area contributed by atoms with Crippen molar-refractivity contribution in [2.45, 2.75) is 12.3 Å². The van der Waals surface area contributed by atoms with Gasteiger partial charge in [-0.25, -0.2) is 5.43 Å². The number of amides is 1. The molecule has 0 spiro atoms. The number of carbonyl (C=O) groups is 1. The van der Waals surface area contributed by atoms with E-state index in [0.29, 0.717) is 5.92 Å². The molecule has 1 amide bonds. The van der Waals surface area contributed by atoms with Gasteiger partial charge in [-0.05, 0) is 30.0 Å². The molecule has 2 aromatic carbocycles. The number of hydrogen-bond donors (Lipinski definition) is 1. The van der Waals surface area contributed by atoms with E-state index in [-0.39, 0.29) is 11.8 Å². The van der Waals surface area contributed by atoms with Gasteiger partial charge in [0, 0.05) is 29.4 Å². The lowest BCUT2D eigenvalue weighted by Crippen LogP contribution is -2.22. The monoisotopic (exact) mass is 341 g/mol. The molecule has 0 aliphatic heterocycles. The summed E-state index contributed by atoms with van der Waals surface area (Å²) in [6.45, 7) is 0. The van der Waals surface area contributed by atoms with Crippen LogP contribution in [0.15, 0.2) is 90.3 Å². The van der Waals surface area contributed by atoms with Gasteiger partial charge in [0.1, 0.15) is 0 Å². The number of nitrogens with zero attached hydrogens (tertiary/aromatic N) is 2. The van der Waals surface area contributed by atoms with E-state index in [2.05, 4.69) is 27.6 Å². The summed E-state index contributed by atoms with van der Waals surface area (Å²) in [5.74, 6) is 0.268. The van der Waals surface area contributed by atoms with Gasteiger partial charge in [-0.2, -0.15) is 5.10 Å². The Morgan fingerprint density at radius 2 is 1.50 bits per heavy atom. The fraction of sp³-hybridized carbons (Fsp3) is 0.136. The normalized spacial score (nSPS) is 19.0. The van der Waals surface area contributed by atoms with Crippen molar-refractivity contribution in [2.24, 2.45) is 11.0 Å². The Hall–Kier alpha value is -3.27. The van der Waals surface area contributed by atoms with Crippen molar-refractivity contribution < 1.29 is 4.79 Å². The number of rotatable bonds is 5. The van der Waals surface area contributed by atoms with Gasteiger partial charge in [0.25, 0.3) is 0 Å². The minimum Gasteiger partial charge on any atom is -0.273 e. The Labute approximate surface area is 152 Å². The van der Waals surface area contributed by atoms with E-state index in [1.165, 1.54) is 5.56 Å². The van der Waals surface area contributed by atoms with Crippen LogP contribution < -0.4 is 5.43 Å². The number of hydrazone groups is 1. The number of benzene rings is 2. The number of nitrogens with one attached hydrogen (secondary N) is 1. The second-order valence-corrected chi connectivity index (χ2v) is 6.40. The largest absolute Gasteiger partial charge is 0.273 e. The molecule has 1 fully saturated rings. The second-order valence-electron chi connectivity index (χ2n) is 6.40. The zero-order valence-corrected chi connectivity index (χ0v) is 14.2. The molecule has 1 aromatic heterocycles. The van der Waals surface area contributed by atoms with Crippen molar-refractivity contribution in [3.8, 4) is 0 Å². The highest BCUT2D eigenvalue weighted by molar-refractivity contribution is 6.13. The van der Waals surface area contributed by atoms with Crippen LogP contribution in [0, 0.1) is 5.92 Å². The number of aromatic nitrogens is 1. The average molecular weight is 341 g/mol. The van der Waals surface area contributed by atoms with Crippen molar-refractivity contribution in [1.29, 1.82) is 0 Å². The van der Waals surface area contributed by atoms with Crippen LogP contribution in [0.1, 0.15) is 29.0 Å². The summed E-state index contributed by atoms with van der Waals surface area (Å²) in [7, 11) is 0. The molecule has 4 heteroatoms. The zero-order valence-electron chi connectivity index (χ0n) is 14.2. The molecule has 1 aliphatic carbocycles. The molecule has 1 saturated carbocycles.